The van der Waals surface area contributed by atoms with Crippen molar-refractivity contribution in [1.82, 2.24) is 9.88 Å². The van der Waals surface area contributed by atoms with Gasteiger partial charge in [0, 0.05) is 24.9 Å². The monoisotopic (exact) mass is 411 g/mol. The molecule has 0 saturated carbocycles. The van der Waals surface area contributed by atoms with Gasteiger partial charge in [-0.1, -0.05) is 50.1 Å². The molecule has 30 heavy (non-hydrogen) atoms. The Hall–Kier alpha value is -2.47. The zero-order valence-corrected chi connectivity index (χ0v) is 17.9. The smallest absolute Gasteiger partial charge is 0.221 e. The van der Waals surface area contributed by atoms with E-state index in [1.54, 1.807) is 6.20 Å². The first-order valence-electron chi connectivity index (χ1n) is 11.1. The van der Waals surface area contributed by atoms with Gasteiger partial charge in [-0.2, -0.15) is 0 Å². The predicted octanol–water partition coefficient (Wildman–Crippen LogP) is 4.51. The van der Waals surface area contributed by atoms with Crippen LogP contribution in [-0.4, -0.2) is 34.7 Å². The number of Topliss-reactive ketones (excluding diaryl/α,β-unsaturated/α-hetero) is 1. The number of unbranched alkanes of at least 4 members (excludes halogenated alkanes) is 2. The summed E-state index contributed by atoms with van der Waals surface area (Å²) in [6, 6.07) is 9.97. The van der Waals surface area contributed by atoms with Crippen LogP contribution in [0.4, 0.5) is 0 Å². The molecule has 162 valence electrons. The van der Waals surface area contributed by atoms with Gasteiger partial charge in [0.2, 0.25) is 11.8 Å². The summed E-state index contributed by atoms with van der Waals surface area (Å²) in [5.41, 5.74) is 6.59. The van der Waals surface area contributed by atoms with E-state index in [4.69, 9.17) is 10.2 Å². The summed E-state index contributed by atoms with van der Waals surface area (Å²) in [6.45, 7) is 3.47. The molecule has 1 aromatic heterocycles. The number of piperidine rings is 1. The number of oxazole rings is 1. The van der Waals surface area contributed by atoms with Gasteiger partial charge < -0.3 is 10.2 Å². The van der Waals surface area contributed by atoms with Crippen molar-refractivity contribution in [1.29, 1.82) is 0 Å². The molecule has 2 heterocycles. The lowest BCUT2D eigenvalue weighted by Crippen LogP contribution is -2.43. The number of aromatic nitrogens is 1. The molecule has 6 nitrogen and oxygen atoms in total. The summed E-state index contributed by atoms with van der Waals surface area (Å²) >= 11 is 0. The number of primary amides is 1. The first-order valence-corrected chi connectivity index (χ1v) is 11.1. The maximum Gasteiger partial charge on any atom is 0.221 e. The number of hydrogen-bond acceptors (Lipinski definition) is 5. The van der Waals surface area contributed by atoms with Crippen LogP contribution in [0.25, 0.3) is 11.3 Å². The van der Waals surface area contributed by atoms with Crippen LogP contribution in [0, 0.1) is 5.92 Å². The summed E-state index contributed by atoms with van der Waals surface area (Å²) in [4.78, 5) is 30.2. The molecule has 2 atom stereocenters. The molecule has 0 bridgehead atoms. The van der Waals surface area contributed by atoms with E-state index in [0.717, 1.165) is 56.4 Å². The third-order valence-corrected chi connectivity index (χ3v) is 5.99. The Balaban J connectivity index is 1.70. The minimum Gasteiger partial charge on any atom is -0.439 e. The molecule has 2 N–H and O–H groups in total. The molecule has 2 aromatic rings. The number of nitrogens with two attached hydrogens (primary N) is 1. The molecule has 1 unspecified atom stereocenters. The van der Waals surface area contributed by atoms with Crippen molar-refractivity contribution in [3.8, 4) is 11.3 Å². The molecule has 0 aliphatic carbocycles. The number of carbonyl (C=O) groups excluding carboxylic acids is 2. The molecular formula is C24H33N3O3. The average Bonchev–Trinajstić information content (AvgIpc) is 3.26. The van der Waals surface area contributed by atoms with Crippen LogP contribution in [0.5, 0.6) is 0 Å². The van der Waals surface area contributed by atoms with Crippen molar-refractivity contribution in [3.05, 3.63) is 42.4 Å². The minimum absolute atomic E-state index is 0.0199. The number of ketones is 1. The second-order valence-corrected chi connectivity index (χ2v) is 8.17. The number of nitrogens with zero attached hydrogens (tertiary/aromatic N) is 2. The van der Waals surface area contributed by atoms with Crippen molar-refractivity contribution in [3.63, 3.8) is 0 Å². The lowest BCUT2D eigenvalue weighted by Gasteiger charge is -2.36. The van der Waals surface area contributed by atoms with Crippen LogP contribution in [-0.2, 0) is 9.59 Å². The van der Waals surface area contributed by atoms with E-state index in [1.807, 2.05) is 37.3 Å². The zero-order valence-electron chi connectivity index (χ0n) is 17.9. The summed E-state index contributed by atoms with van der Waals surface area (Å²) in [6.07, 6.45) is 8.65. The molecular weight excluding hydrogens is 378 g/mol. The fraction of sp³-hybridized carbons (Fsp3) is 0.542. The number of hydrogen-bond donors (Lipinski definition) is 1. The molecule has 1 aliphatic heterocycles. The van der Waals surface area contributed by atoms with Gasteiger partial charge in [-0.15, -0.1) is 0 Å². The highest BCUT2D eigenvalue weighted by Gasteiger charge is 2.31. The van der Waals surface area contributed by atoms with Gasteiger partial charge >= 0.3 is 0 Å². The topological polar surface area (TPSA) is 89.4 Å². The van der Waals surface area contributed by atoms with Crippen LogP contribution >= 0.6 is 0 Å². The third-order valence-electron chi connectivity index (χ3n) is 5.99. The first-order chi connectivity index (χ1) is 14.6. The van der Waals surface area contributed by atoms with E-state index in [0.29, 0.717) is 31.1 Å². The highest BCUT2D eigenvalue weighted by atomic mass is 16.4. The molecule has 3 rings (SSSR count). The van der Waals surface area contributed by atoms with Gasteiger partial charge in [0.25, 0.3) is 0 Å². The maximum absolute atomic E-state index is 11.8. The molecule has 1 fully saturated rings. The lowest BCUT2D eigenvalue weighted by molar-refractivity contribution is -0.124. The maximum atomic E-state index is 11.8. The normalized spacial score (nSPS) is 18.2. The van der Waals surface area contributed by atoms with E-state index in [-0.39, 0.29) is 17.9 Å². The van der Waals surface area contributed by atoms with E-state index < -0.39 is 0 Å². The van der Waals surface area contributed by atoms with Gasteiger partial charge in [-0.25, -0.2) is 4.98 Å². The minimum atomic E-state index is -0.228. The summed E-state index contributed by atoms with van der Waals surface area (Å²) in [5.74, 6) is 1.43. The molecule has 1 aromatic carbocycles. The van der Waals surface area contributed by atoms with E-state index >= 15 is 0 Å². The number of rotatable bonds is 11. The second kappa shape index (κ2) is 11.1. The number of carbonyl (C=O) groups is 2. The van der Waals surface area contributed by atoms with Gasteiger partial charge in [0.15, 0.2) is 5.76 Å². The van der Waals surface area contributed by atoms with E-state index in [2.05, 4.69) is 9.88 Å². The van der Waals surface area contributed by atoms with Crippen LogP contribution in [0.2, 0.25) is 0 Å². The average molecular weight is 412 g/mol. The Kier molecular flexibility index (Phi) is 8.20. The Bertz CT molecular complexity index is 818. The van der Waals surface area contributed by atoms with Crippen LogP contribution in [0.15, 0.2) is 40.9 Å². The Morgan fingerprint density at radius 3 is 2.77 bits per heavy atom. The van der Waals surface area contributed by atoms with E-state index in [1.165, 1.54) is 0 Å². The third kappa shape index (κ3) is 6.02. The van der Waals surface area contributed by atoms with Crippen molar-refractivity contribution in [2.75, 3.05) is 13.1 Å². The summed E-state index contributed by atoms with van der Waals surface area (Å²) in [5, 5.41) is 0. The van der Waals surface area contributed by atoms with Gasteiger partial charge in [0.05, 0.1) is 18.2 Å². The van der Waals surface area contributed by atoms with E-state index in [9.17, 15) is 9.59 Å². The van der Waals surface area contributed by atoms with Gasteiger partial charge in [-0.3, -0.25) is 14.5 Å². The number of benzene rings is 1. The fourth-order valence-electron chi connectivity index (χ4n) is 4.17. The highest BCUT2D eigenvalue weighted by Crippen LogP contribution is 2.33. The number of likely N-dealkylation sites (tertiary alicyclic amines) is 1. The first kappa shape index (κ1) is 22.2. The molecule has 0 spiro atoms. The van der Waals surface area contributed by atoms with Crippen LogP contribution in [0.3, 0.4) is 0 Å². The van der Waals surface area contributed by atoms with Crippen molar-refractivity contribution in [2.45, 2.75) is 64.3 Å². The lowest BCUT2D eigenvalue weighted by atomic mass is 9.94. The fourth-order valence-corrected chi connectivity index (χ4v) is 4.17. The van der Waals surface area contributed by atoms with Crippen LogP contribution in [0.1, 0.15) is 70.2 Å². The highest BCUT2D eigenvalue weighted by molar-refractivity contribution is 5.78. The predicted molar refractivity (Wildman–Crippen MR) is 117 cm³/mol. The standard InChI is InChI=1S/C24H33N3O3/c1-2-20(28)13-7-4-8-14-21(27-15-9-12-19(17-27)23(25)29)24-26-16-22(30-24)18-10-5-3-6-11-18/h3,5-6,10-11,16,19,21H,2,4,7-9,12-15,17H2,1H3,(H2,25,29)/t19?,21-/m0/s1. The molecule has 1 saturated heterocycles. The molecule has 6 heteroatoms. The Morgan fingerprint density at radius 2 is 2.03 bits per heavy atom. The summed E-state index contributed by atoms with van der Waals surface area (Å²) < 4.78 is 6.17. The largest absolute Gasteiger partial charge is 0.439 e. The van der Waals surface area contributed by atoms with Crippen molar-refractivity contribution in [2.24, 2.45) is 11.7 Å². The molecule has 1 aliphatic rings. The zero-order chi connectivity index (χ0) is 21.3. The summed E-state index contributed by atoms with van der Waals surface area (Å²) in [7, 11) is 0. The quantitative estimate of drug-likeness (QED) is 0.550. The SMILES string of the molecule is CCC(=O)CCCCC[C@@H](c1ncc(-c2ccccc2)o1)N1CCCC(C(N)=O)C1. The van der Waals surface area contributed by atoms with Crippen molar-refractivity contribution < 1.29 is 14.0 Å². The second-order valence-electron chi connectivity index (χ2n) is 8.17. The Labute approximate surface area is 178 Å². The Morgan fingerprint density at radius 1 is 1.23 bits per heavy atom. The molecule has 0 radical (unpaired) electrons. The number of amides is 1. The van der Waals surface area contributed by atoms with Crippen LogP contribution < -0.4 is 5.73 Å². The van der Waals surface area contributed by atoms with Gasteiger partial charge in [0.1, 0.15) is 5.78 Å². The molecule has 1 amide bonds. The van der Waals surface area contributed by atoms with Crippen molar-refractivity contribution >= 4 is 11.7 Å². The van der Waals surface area contributed by atoms with Gasteiger partial charge in [-0.05, 0) is 32.2 Å².